The van der Waals surface area contributed by atoms with Crippen molar-refractivity contribution in [2.45, 2.75) is 12.8 Å². The van der Waals surface area contributed by atoms with Crippen molar-refractivity contribution >= 4 is 29.2 Å². The molecule has 3 aromatic carbocycles. The number of ether oxygens (including phenoxy) is 4. The molecule has 0 bridgehead atoms. The predicted molar refractivity (Wildman–Crippen MR) is 131 cm³/mol. The number of carbonyl (C=O) groups excluding carboxylic acids is 1. The Morgan fingerprint density at radius 1 is 0.941 bits per heavy atom. The highest BCUT2D eigenvalue weighted by Crippen LogP contribution is 2.30. The first-order valence-corrected chi connectivity index (χ1v) is 10.9. The fourth-order valence-corrected chi connectivity index (χ4v) is 3.21. The maximum absolute atomic E-state index is 12.3. The lowest BCUT2D eigenvalue weighted by atomic mass is 10.0. The Hall–Kier alpha value is -3.95. The average Bonchev–Trinajstić information content (AvgIpc) is 2.87. The number of hydrogen-bond acceptors (Lipinski definition) is 6. The molecule has 0 spiro atoms. The number of carbonyl (C=O) groups is 1. The first kappa shape index (κ1) is 24.7. The lowest BCUT2D eigenvalue weighted by molar-refractivity contribution is -0.134. The van der Waals surface area contributed by atoms with Crippen LogP contribution in [-0.4, -0.2) is 26.8 Å². The molecule has 0 saturated heterocycles. The van der Waals surface area contributed by atoms with E-state index in [0.717, 1.165) is 16.9 Å². The molecular weight excluding hydrogens is 454 g/mol. The van der Waals surface area contributed by atoms with Crippen molar-refractivity contribution in [1.82, 2.24) is 0 Å². The van der Waals surface area contributed by atoms with Crippen LogP contribution >= 0.6 is 11.6 Å². The van der Waals surface area contributed by atoms with Crippen LogP contribution in [0.4, 0.5) is 0 Å². The zero-order valence-corrected chi connectivity index (χ0v) is 19.7. The van der Waals surface area contributed by atoms with Crippen molar-refractivity contribution in [3.05, 3.63) is 82.9 Å². The van der Waals surface area contributed by atoms with Crippen molar-refractivity contribution in [3.63, 3.8) is 0 Å². The number of hydrogen-bond donors (Lipinski definition) is 0. The van der Waals surface area contributed by atoms with Crippen molar-refractivity contribution in [3.8, 4) is 29.1 Å². The summed E-state index contributed by atoms with van der Waals surface area (Å²) in [6.45, 7) is 0.379. The summed E-state index contributed by atoms with van der Waals surface area (Å²) < 4.78 is 21.6. The molecule has 7 heteroatoms. The molecule has 0 amide bonds. The number of methoxy groups -OCH3 is 2. The van der Waals surface area contributed by atoms with Gasteiger partial charge in [0, 0.05) is 11.4 Å². The Labute approximate surface area is 203 Å². The topological polar surface area (TPSA) is 77.8 Å². The van der Waals surface area contributed by atoms with E-state index in [1.807, 2.05) is 24.3 Å². The number of rotatable bonds is 10. The quantitative estimate of drug-likeness (QED) is 0.114. The molecule has 174 valence electrons. The first-order chi connectivity index (χ1) is 16.5. The summed E-state index contributed by atoms with van der Waals surface area (Å²) in [4.78, 5) is 12.3. The third-order valence-electron chi connectivity index (χ3n) is 4.85. The molecule has 0 aliphatic heterocycles. The zero-order valence-electron chi connectivity index (χ0n) is 18.9. The molecule has 0 radical (unpaired) electrons. The Bertz CT molecular complexity index is 1180. The molecule has 0 N–H and O–H groups in total. The Morgan fingerprint density at radius 3 is 2.29 bits per heavy atom. The van der Waals surface area contributed by atoms with E-state index in [0.29, 0.717) is 40.9 Å². The molecule has 0 aromatic heterocycles. The van der Waals surface area contributed by atoms with Crippen molar-refractivity contribution in [2.75, 3.05) is 20.8 Å². The van der Waals surface area contributed by atoms with E-state index in [-0.39, 0.29) is 12.4 Å². The fourth-order valence-electron chi connectivity index (χ4n) is 3.09. The van der Waals surface area contributed by atoms with Crippen LogP contribution in [0.5, 0.6) is 23.0 Å². The summed E-state index contributed by atoms with van der Waals surface area (Å²) in [5.41, 5.74) is 1.95. The zero-order chi connectivity index (χ0) is 24.3. The van der Waals surface area contributed by atoms with Crippen LogP contribution in [0.1, 0.15) is 24.0 Å². The van der Waals surface area contributed by atoms with Gasteiger partial charge in [-0.25, -0.2) is 0 Å². The highest BCUT2D eigenvalue weighted by Gasteiger charge is 2.11. The van der Waals surface area contributed by atoms with E-state index < -0.39 is 0 Å². The smallest absolute Gasteiger partial charge is 0.311 e. The lowest BCUT2D eigenvalue weighted by Gasteiger charge is -2.11. The van der Waals surface area contributed by atoms with E-state index in [4.69, 9.17) is 30.5 Å². The second kappa shape index (κ2) is 12.3. The van der Waals surface area contributed by atoms with Crippen LogP contribution in [0.3, 0.4) is 0 Å². The van der Waals surface area contributed by atoms with Crippen molar-refractivity contribution in [1.29, 1.82) is 5.26 Å². The summed E-state index contributed by atoms with van der Waals surface area (Å²) in [5, 5.41) is 10.1. The standard InChI is InChI=1S/C27H24ClNO5/c1-31-23-10-12-24(13-11-23)33-15-3-4-27(30)34-25-14-5-19(17-26(25)32-2)16-21(18-29)20-6-8-22(28)9-7-20/h5-14,16-17H,3-4,15H2,1-2H3/b21-16+. The van der Waals surface area contributed by atoms with Gasteiger partial charge in [-0.05, 0) is 72.2 Å². The summed E-state index contributed by atoms with van der Waals surface area (Å²) in [6.07, 6.45) is 2.42. The fraction of sp³-hybridized carbons (Fsp3) is 0.185. The molecule has 0 unspecified atom stereocenters. The summed E-state index contributed by atoms with van der Waals surface area (Å²) in [5.74, 6) is 1.77. The molecule has 0 atom stereocenters. The van der Waals surface area contributed by atoms with Crippen LogP contribution in [0.15, 0.2) is 66.7 Å². The Kier molecular flexibility index (Phi) is 8.96. The molecule has 0 saturated carbocycles. The van der Waals surface area contributed by atoms with E-state index in [2.05, 4.69) is 6.07 Å². The van der Waals surface area contributed by atoms with E-state index in [9.17, 15) is 10.1 Å². The van der Waals surface area contributed by atoms with Gasteiger partial charge in [-0.1, -0.05) is 29.8 Å². The number of benzene rings is 3. The van der Waals surface area contributed by atoms with Crippen molar-refractivity contribution < 1.29 is 23.7 Å². The Balaban J connectivity index is 1.57. The minimum Gasteiger partial charge on any atom is -0.497 e. The normalized spacial score (nSPS) is 10.8. The van der Waals surface area contributed by atoms with Crippen LogP contribution in [0.2, 0.25) is 5.02 Å². The number of nitrogens with zero attached hydrogens (tertiary/aromatic N) is 1. The first-order valence-electron chi connectivity index (χ1n) is 10.6. The molecule has 6 nitrogen and oxygen atoms in total. The van der Waals surface area contributed by atoms with Gasteiger partial charge in [0.25, 0.3) is 0 Å². The van der Waals surface area contributed by atoms with Crippen LogP contribution in [0.25, 0.3) is 11.6 Å². The minimum absolute atomic E-state index is 0.191. The lowest BCUT2D eigenvalue weighted by Crippen LogP contribution is -2.10. The molecule has 0 heterocycles. The molecular formula is C27H24ClNO5. The average molecular weight is 478 g/mol. The summed E-state index contributed by atoms with van der Waals surface area (Å²) in [7, 11) is 3.10. The van der Waals surface area contributed by atoms with Crippen LogP contribution < -0.4 is 18.9 Å². The second-order valence-electron chi connectivity index (χ2n) is 7.19. The molecule has 34 heavy (non-hydrogen) atoms. The highest BCUT2D eigenvalue weighted by atomic mass is 35.5. The SMILES string of the molecule is COc1ccc(OCCCC(=O)Oc2ccc(/C=C(\C#N)c3ccc(Cl)cc3)cc2OC)cc1. The maximum Gasteiger partial charge on any atom is 0.311 e. The molecule has 0 aliphatic rings. The monoisotopic (exact) mass is 477 g/mol. The number of esters is 1. The van der Waals surface area contributed by atoms with Gasteiger partial charge in [-0.15, -0.1) is 0 Å². The van der Waals surface area contributed by atoms with E-state index >= 15 is 0 Å². The predicted octanol–water partition coefficient (Wildman–Crippen LogP) is 6.19. The highest BCUT2D eigenvalue weighted by molar-refractivity contribution is 6.30. The van der Waals surface area contributed by atoms with E-state index in [1.165, 1.54) is 7.11 Å². The van der Waals surface area contributed by atoms with Gasteiger partial charge in [-0.3, -0.25) is 4.79 Å². The van der Waals surface area contributed by atoms with Gasteiger partial charge >= 0.3 is 5.97 Å². The maximum atomic E-state index is 12.3. The number of allylic oxidation sites excluding steroid dienone is 1. The molecule has 0 fully saturated rings. The molecule has 0 aliphatic carbocycles. The Morgan fingerprint density at radius 2 is 1.65 bits per heavy atom. The van der Waals surface area contributed by atoms with E-state index in [1.54, 1.807) is 55.7 Å². The van der Waals surface area contributed by atoms with Gasteiger partial charge in [0.15, 0.2) is 11.5 Å². The second-order valence-corrected chi connectivity index (χ2v) is 7.63. The number of nitriles is 1. The van der Waals surface area contributed by atoms with Gasteiger partial charge in [-0.2, -0.15) is 5.26 Å². The van der Waals surface area contributed by atoms with Crippen LogP contribution in [-0.2, 0) is 4.79 Å². The summed E-state index contributed by atoms with van der Waals surface area (Å²) >= 11 is 5.92. The van der Waals surface area contributed by atoms with Gasteiger partial charge in [0.1, 0.15) is 11.5 Å². The number of halogens is 1. The molecule has 3 aromatic rings. The van der Waals surface area contributed by atoms with Crippen LogP contribution in [0, 0.1) is 11.3 Å². The summed E-state index contributed by atoms with van der Waals surface area (Å²) in [6, 6.07) is 21.6. The third kappa shape index (κ3) is 7.03. The van der Waals surface area contributed by atoms with Gasteiger partial charge < -0.3 is 18.9 Å². The molecule has 3 rings (SSSR count). The van der Waals surface area contributed by atoms with Crippen molar-refractivity contribution in [2.24, 2.45) is 0 Å². The third-order valence-corrected chi connectivity index (χ3v) is 5.10. The largest absolute Gasteiger partial charge is 0.497 e. The minimum atomic E-state index is -0.390. The van der Waals surface area contributed by atoms with Gasteiger partial charge in [0.2, 0.25) is 0 Å². The van der Waals surface area contributed by atoms with Gasteiger partial charge in [0.05, 0.1) is 32.5 Å².